The van der Waals surface area contributed by atoms with E-state index < -0.39 is 20.0 Å². The Bertz CT molecular complexity index is 3890. The van der Waals surface area contributed by atoms with Crippen LogP contribution in [0.5, 0.6) is 11.5 Å². The van der Waals surface area contributed by atoms with Crippen LogP contribution >= 0.6 is 68.8 Å². The molecule has 492 valence electrons. The van der Waals surface area contributed by atoms with Crippen molar-refractivity contribution in [1.82, 2.24) is 26.9 Å². The zero-order valence-electron chi connectivity index (χ0n) is 54.8. The molecule has 2 unspecified atom stereocenters. The van der Waals surface area contributed by atoms with Crippen LogP contribution < -0.4 is 18.9 Å². The minimum atomic E-state index is -3.61. The zero-order valence-corrected chi connectivity index (χ0v) is 61.3. The molecule has 90 heavy (non-hydrogen) atoms. The van der Waals surface area contributed by atoms with Crippen molar-refractivity contribution in [3.63, 3.8) is 0 Å². The smallest absolute Gasteiger partial charge is 0.211 e. The van der Waals surface area contributed by atoms with E-state index in [0.717, 1.165) is 188 Å². The fraction of sp³-hybridized carbons (Fsp3) is 0.600. The third-order valence-electron chi connectivity index (χ3n) is 17.9. The summed E-state index contributed by atoms with van der Waals surface area (Å²) in [5.41, 5.74) is 6.91. The number of rotatable bonds is 43. The van der Waals surface area contributed by atoms with E-state index in [1.165, 1.54) is 105 Å². The Morgan fingerprint density at radius 2 is 0.878 bits per heavy atom. The monoisotopic (exact) mass is 1370 g/mol. The maximum atomic E-state index is 14.0. The first-order chi connectivity index (χ1) is 43.7. The largest absolute Gasteiger partial charge is 0.491 e. The lowest BCUT2D eigenvalue weighted by atomic mass is 9.98. The van der Waals surface area contributed by atoms with E-state index in [1.54, 1.807) is 45.3 Å². The van der Waals surface area contributed by atoms with E-state index in [2.05, 4.69) is 101 Å². The maximum absolute atomic E-state index is 14.0. The number of fused-ring (bicyclic) bond motifs is 7. The summed E-state index contributed by atoms with van der Waals surface area (Å²) in [6.45, 7) is 19.9. The Hall–Kier alpha value is -3.70. The standard InChI is InChI=1S/C70H98N6O6S8/c1-9-15-19-21-23-25-27-29-35-71-89(77,78)37-33-51-40-59(84-48(51)8)55-42-53-54(62-64(55)75-87-73-62)43-56(65-63(53)74-88-76-65)60-41-52(34-38-90(79,80)72-36-30-28-26-24-22-20-16-10-2)68(85-60)61-44-58-67(82-46-50(14-6)32-18-12-4)69-57(39-47(7)83-69)66(70(58)86-61)81-45-49(13-5)31-17-11-3/h39-44,49-50,71-72H,9-38,45-46H2,1-8H3. The third kappa shape index (κ3) is 18.4. The van der Waals surface area contributed by atoms with Crippen LogP contribution in [0, 0.1) is 25.7 Å². The van der Waals surface area contributed by atoms with Crippen LogP contribution in [-0.4, -0.2) is 72.1 Å². The summed E-state index contributed by atoms with van der Waals surface area (Å²) in [7, 11) is -7.06. The normalized spacial score (nSPS) is 13.2. The molecule has 6 aromatic heterocycles. The van der Waals surface area contributed by atoms with Crippen LogP contribution in [0.1, 0.15) is 217 Å². The molecule has 9 aromatic rings. The first-order valence-electron chi connectivity index (χ1n) is 34.0. The summed E-state index contributed by atoms with van der Waals surface area (Å²) >= 11 is 9.19. The van der Waals surface area contributed by atoms with Gasteiger partial charge in [-0.1, -0.05) is 170 Å². The molecular formula is C70H98N6O6S8. The van der Waals surface area contributed by atoms with E-state index in [-0.39, 0.29) is 11.5 Å². The molecule has 0 spiro atoms. The molecule has 6 heterocycles. The minimum Gasteiger partial charge on any atom is -0.491 e. The lowest BCUT2D eigenvalue weighted by molar-refractivity contribution is 0.235. The molecule has 0 saturated carbocycles. The number of thiophene rings is 4. The number of ether oxygens (including phenoxy) is 2. The van der Waals surface area contributed by atoms with Crippen molar-refractivity contribution in [2.45, 2.75) is 222 Å². The van der Waals surface area contributed by atoms with E-state index >= 15 is 0 Å². The van der Waals surface area contributed by atoms with Crippen molar-refractivity contribution in [2.24, 2.45) is 11.8 Å². The number of hydrogen-bond acceptors (Lipinski definition) is 16. The van der Waals surface area contributed by atoms with Crippen molar-refractivity contribution >= 4 is 142 Å². The molecule has 2 N–H and O–H groups in total. The summed E-state index contributed by atoms with van der Waals surface area (Å²) in [6, 6.07) is 13.3. The fourth-order valence-electron chi connectivity index (χ4n) is 12.3. The summed E-state index contributed by atoms with van der Waals surface area (Å²) in [6.07, 6.45) is 28.2. The Balaban J connectivity index is 1.07. The van der Waals surface area contributed by atoms with Crippen molar-refractivity contribution in [2.75, 3.05) is 37.8 Å². The van der Waals surface area contributed by atoms with Gasteiger partial charge in [-0.05, 0) is 112 Å². The fourth-order valence-corrected chi connectivity index (χ4v) is 20.3. The van der Waals surface area contributed by atoms with Gasteiger partial charge in [-0.2, -0.15) is 17.5 Å². The Morgan fingerprint density at radius 1 is 0.444 bits per heavy atom. The number of sulfonamides is 2. The van der Waals surface area contributed by atoms with Gasteiger partial charge in [0.15, 0.2) is 0 Å². The van der Waals surface area contributed by atoms with Crippen molar-refractivity contribution in [3.05, 3.63) is 57.3 Å². The average Bonchev–Trinajstić information content (AvgIpc) is 1.53. The maximum Gasteiger partial charge on any atom is 0.211 e. The minimum absolute atomic E-state index is 0.0297. The molecule has 0 aliphatic heterocycles. The topological polar surface area (TPSA) is 162 Å². The number of nitrogens with one attached hydrogen (secondary N) is 2. The molecule has 0 aliphatic carbocycles. The predicted octanol–water partition coefficient (Wildman–Crippen LogP) is 21.4. The van der Waals surface area contributed by atoms with Gasteiger partial charge in [0.2, 0.25) is 20.0 Å². The average molecular weight is 1380 g/mol. The SMILES string of the molecule is CCCCCCCCCCNS(=O)(=O)CCc1cc(-c2cc3c(cc(-c4cc(CCS(=O)(=O)NCCCCCCCCCC)c(-c5cc6c(OCC(CC)CCCC)c7sc(C)cc7c(OCC(CC)CCCC)c6s5)s4)c4nsnc43)c3nsnc23)sc1C. The van der Waals surface area contributed by atoms with E-state index in [4.69, 9.17) is 27.0 Å². The predicted molar refractivity (Wildman–Crippen MR) is 392 cm³/mol. The van der Waals surface area contributed by atoms with Crippen molar-refractivity contribution < 1.29 is 26.3 Å². The molecule has 9 rings (SSSR count). The van der Waals surface area contributed by atoms with Crippen LogP contribution in [0.3, 0.4) is 0 Å². The number of aromatic nitrogens is 4. The van der Waals surface area contributed by atoms with Crippen LogP contribution in [0.15, 0.2) is 36.4 Å². The van der Waals surface area contributed by atoms with Gasteiger partial charge < -0.3 is 9.47 Å². The number of aryl methyl sites for hydroxylation is 4. The molecule has 0 saturated heterocycles. The summed E-state index contributed by atoms with van der Waals surface area (Å²) < 4.78 is 96.7. The van der Waals surface area contributed by atoms with Gasteiger partial charge in [-0.15, -0.1) is 45.3 Å². The highest BCUT2D eigenvalue weighted by molar-refractivity contribution is 7.89. The van der Waals surface area contributed by atoms with Gasteiger partial charge in [0, 0.05) is 75.0 Å². The van der Waals surface area contributed by atoms with Gasteiger partial charge in [-0.3, -0.25) is 0 Å². The van der Waals surface area contributed by atoms with Crippen LogP contribution in [0.4, 0.5) is 0 Å². The molecule has 0 amide bonds. The second kappa shape index (κ2) is 34.6. The molecule has 3 aromatic carbocycles. The molecule has 2 atom stereocenters. The third-order valence-corrected chi connectivity index (χ3v) is 26.5. The number of nitrogens with zero attached hydrogens (tertiary/aromatic N) is 4. The van der Waals surface area contributed by atoms with Gasteiger partial charge in [0.25, 0.3) is 0 Å². The van der Waals surface area contributed by atoms with Crippen LogP contribution in [0.25, 0.3) is 83.6 Å². The van der Waals surface area contributed by atoms with Gasteiger partial charge in [0.05, 0.1) is 57.6 Å². The molecule has 0 bridgehead atoms. The quantitative estimate of drug-likeness (QED) is 0.0352. The van der Waals surface area contributed by atoms with E-state index in [0.29, 0.717) is 51.0 Å². The highest BCUT2D eigenvalue weighted by atomic mass is 32.2. The second-order valence-corrected chi connectivity index (χ2v) is 34.5. The van der Waals surface area contributed by atoms with Crippen molar-refractivity contribution in [1.29, 1.82) is 0 Å². The Labute approximate surface area is 561 Å². The molecule has 12 nitrogen and oxygen atoms in total. The second-order valence-electron chi connectivity index (χ2n) is 25.0. The van der Waals surface area contributed by atoms with Crippen molar-refractivity contribution in [3.8, 4) is 42.1 Å². The summed E-state index contributed by atoms with van der Waals surface area (Å²) in [4.78, 5) is 6.33. The van der Waals surface area contributed by atoms with Gasteiger partial charge >= 0.3 is 0 Å². The number of benzene rings is 3. The lowest BCUT2D eigenvalue weighted by Gasteiger charge is -2.19. The van der Waals surface area contributed by atoms with E-state index in [9.17, 15) is 16.8 Å². The van der Waals surface area contributed by atoms with Crippen LogP contribution in [0.2, 0.25) is 0 Å². The number of hydrogen-bond donors (Lipinski definition) is 2. The molecule has 0 fully saturated rings. The highest BCUT2D eigenvalue weighted by Crippen LogP contribution is 2.54. The number of unbranched alkanes of at least 4 members (excludes halogenated alkanes) is 16. The Morgan fingerprint density at radius 3 is 1.38 bits per heavy atom. The zero-order chi connectivity index (χ0) is 63.6. The first kappa shape index (κ1) is 70.6. The van der Waals surface area contributed by atoms with Gasteiger partial charge in [0.1, 0.15) is 33.6 Å². The molecule has 20 heteroatoms. The molecular weight excluding hydrogens is 1280 g/mol. The summed E-state index contributed by atoms with van der Waals surface area (Å²) in [5.74, 6) is 2.68. The molecule has 0 radical (unpaired) electrons. The lowest BCUT2D eigenvalue weighted by Crippen LogP contribution is -2.28. The highest BCUT2D eigenvalue weighted by Gasteiger charge is 2.28. The Kier molecular flexibility index (Phi) is 27.2. The first-order valence-corrected chi connectivity index (χ1v) is 42.0. The molecule has 0 aliphatic rings. The summed E-state index contributed by atoms with van der Waals surface area (Å²) in [5, 5.41) is 3.97. The van der Waals surface area contributed by atoms with Crippen LogP contribution in [-0.2, 0) is 32.9 Å². The van der Waals surface area contributed by atoms with Gasteiger partial charge in [-0.25, -0.2) is 26.3 Å². The van der Waals surface area contributed by atoms with E-state index in [1.807, 2.05) is 0 Å².